The number of hydrogen-bond acceptors (Lipinski definition) is 7. The van der Waals surface area contributed by atoms with E-state index >= 15 is 0 Å². The van der Waals surface area contributed by atoms with Crippen molar-refractivity contribution in [2.24, 2.45) is 11.7 Å². The summed E-state index contributed by atoms with van der Waals surface area (Å²) in [4.78, 5) is 17.6. The summed E-state index contributed by atoms with van der Waals surface area (Å²) in [5, 5.41) is 0. The zero-order valence-electron chi connectivity index (χ0n) is 23.0. The lowest BCUT2D eigenvalue weighted by atomic mass is 9.81. The number of Topliss-reactive ketones (excluding diaryl/α,β-unsaturated/α-hetero) is 1. The number of nitrogens with two attached hydrogens (primary N) is 1. The van der Waals surface area contributed by atoms with Gasteiger partial charge in [0.25, 0.3) is 0 Å². The molecule has 0 unspecified atom stereocenters. The Kier molecular flexibility index (Phi) is 7.95. The number of rotatable bonds is 8. The molecule has 216 valence electrons. The molecule has 0 bridgehead atoms. The van der Waals surface area contributed by atoms with Gasteiger partial charge in [-0.1, -0.05) is 12.8 Å². The van der Waals surface area contributed by atoms with E-state index < -0.39 is 11.7 Å². The Morgan fingerprint density at radius 2 is 1.68 bits per heavy atom. The average molecular weight is 569 g/mol. The number of benzene rings is 2. The van der Waals surface area contributed by atoms with Gasteiger partial charge in [-0.3, -0.25) is 9.78 Å². The summed E-state index contributed by atoms with van der Waals surface area (Å²) in [5.41, 5.74) is 7.19. The molecule has 4 aromatic rings. The van der Waals surface area contributed by atoms with E-state index in [1.807, 2.05) is 0 Å². The van der Waals surface area contributed by atoms with Crippen LogP contribution in [0.5, 0.6) is 17.2 Å². The van der Waals surface area contributed by atoms with Crippen molar-refractivity contribution in [1.29, 1.82) is 0 Å². The molecular weight excluding hydrogens is 537 g/mol. The Morgan fingerprint density at radius 3 is 2.32 bits per heavy atom. The summed E-state index contributed by atoms with van der Waals surface area (Å²) in [6.45, 7) is 0. The van der Waals surface area contributed by atoms with Gasteiger partial charge in [-0.25, -0.2) is 0 Å². The Morgan fingerprint density at radius 1 is 0.976 bits per heavy atom. The standard InChI is InChI=1S/C31H31F3N2O5/c1-38-27-14-20(15-28(39-2)30(27)40-3)26-16-24-29(41-26)22(8-9-36-24)18-10-19(12-21(11-18)31(32,33)34)25(37)13-17-6-4-5-7-23(17)35/h8-12,14-17,23H,4-7,13,35H2,1-3H3/t17-,23-/m0/s1. The lowest BCUT2D eigenvalue weighted by Crippen LogP contribution is -2.34. The van der Waals surface area contributed by atoms with E-state index in [-0.39, 0.29) is 40.9 Å². The first-order valence-electron chi connectivity index (χ1n) is 13.3. The van der Waals surface area contributed by atoms with Crippen molar-refractivity contribution in [3.8, 4) is 39.7 Å². The minimum Gasteiger partial charge on any atom is -0.493 e. The first-order valence-corrected chi connectivity index (χ1v) is 13.3. The summed E-state index contributed by atoms with van der Waals surface area (Å²) >= 11 is 0. The van der Waals surface area contributed by atoms with Crippen LogP contribution in [-0.2, 0) is 6.18 Å². The molecule has 2 aromatic heterocycles. The molecule has 1 aliphatic carbocycles. The zero-order chi connectivity index (χ0) is 29.3. The van der Waals surface area contributed by atoms with Gasteiger partial charge in [0, 0.05) is 41.4 Å². The maximum absolute atomic E-state index is 14.0. The SMILES string of the molecule is COc1cc(-c2cc3nccc(-c4cc(C(=O)C[C@@H]5CCCC[C@@H]5N)cc(C(F)(F)F)c4)c3o2)cc(OC)c1OC. The molecule has 0 saturated heterocycles. The van der Waals surface area contributed by atoms with Gasteiger partial charge in [0.15, 0.2) is 22.9 Å². The number of fused-ring (bicyclic) bond motifs is 1. The fraction of sp³-hybridized carbons (Fsp3) is 0.355. The third-order valence-electron chi connectivity index (χ3n) is 7.67. The zero-order valence-corrected chi connectivity index (χ0v) is 23.0. The molecule has 0 spiro atoms. The number of carbonyl (C=O) groups is 1. The third kappa shape index (κ3) is 5.74. The van der Waals surface area contributed by atoms with Gasteiger partial charge in [0.1, 0.15) is 11.3 Å². The second-order valence-corrected chi connectivity index (χ2v) is 10.2. The van der Waals surface area contributed by atoms with Gasteiger partial charge >= 0.3 is 6.18 Å². The van der Waals surface area contributed by atoms with Crippen LogP contribution in [-0.4, -0.2) is 38.1 Å². The fourth-order valence-corrected chi connectivity index (χ4v) is 5.48. The number of carbonyl (C=O) groups excluding carboxylic acids is 1. The summed E-state index contributed by atoms with van der Waals surface area (Å²) in [5.74, 6) is 1.22. The second kappa shape index (κ2) is 11.4. The number of hydrogen-bond donors (Lipinski definition) is 1. The van der Waals surface area contributed by atoms with Crippen LogP contribution in [0.15, 0.2) is 53.1 Å². The highest BCUT2D eigenvalue weighted by Gasteiger charge is 2.33. The molecule has 1 fully saturated rings. The van der Waals surface area contributed by atoms with Crippen LogP contribution in [0.4, 0.5) is 13.2 Å². The van der Waals surface area contributed by atoms with Crippen LogP contribution >= 0.6 is 0 Å². The third-order valence-corrected chi connectivity index (χ3v) is 7.67. The van der Waals surface area contributed by atoms with E-state index in [4.69, 9.17) is 24.4 Å². The number of methoxy groups -OCH3 is 3. The summed E-state index contributed by atoms with van der Waals surface area (Å²) in [6, 6.07) is 9.97. The highest BCUT2D eigenvalue weighted by Crippen LogP contribution is 2.43. The molecule has 0 aliphatic heterocycles. The van der Waals surface area contributed by atoms with Crippen molar-refractivity contribution in [3.63, 3.8) is 0 Å². The first-order chi connectivity index (χ1) is 19.6. The highest BCUT2D eigenvalue weighted by atomic mass is 19.4. The lowest BCUT2D eigenvalue weighted by molar-refractivity contribution is -0.137. The molecule has 1 aliphatic rings. The monoisotopic (exact) mass is 568 g/mol. The van der Waals surface area contributed by atoms with Crippen LogP contribution in [0.3, 0.4) is 0 Å². The molecule has 10 heteroatoms. The maximum atomic E-state index is 14.0. The normalized spacial score (nSPS) is 17.4. The summed E-state index contributed by atoms with van der Waals surface area (Å²) < 4.78 is 64.4. The van der Waals surface area contributed by atoms with Crippen molar-refractivity contribution >= 4 is 16.9 Å². The maximum Gasteiger partial charge on any atom is 0.416 e. The Bertz CT molecular complexity index is 1560. The van der Waals surface area contributed by atoms with E-state index in [9.17, 15) is 18.0 Å². The number of nitrogens with zero attached hydrogens (tertiary/aromatic N) is 1. The molecule has 2 atom stereocenters. The number of furan rings is 1. The Labute approximate surface area is 235 Å². The minimum absolute atomic E-state index is 0.00559. The number of pyridine rings is 1. The lowest BCUT2D eigenvalue weighted by Gasteiger charge is -2.28. The number of alkyl halides is 3. The molecule has 0 radical (unpaired) electrons. The van der Waals surface area contributed by atoms with E-state index in [0.29, 0.717) is 39.7 Å². The van der Waals surface area contributed by atoms with Crippen LogP contribution in [0.1, 0.15) is 48.0 Å². The predicted octanol–water partition coefficient (Wildman–Crippen LogP) is 7.30. The van der Waals surface area contributed by atoms with Crippen LogP contribution in [0, 0.1) is 5.92 Å². The molecule has 1 saturated carbocycles. The summed E-state index contributed by atoms with van der Waals surface area (Å²) in [7, 11) is 4.48. The van der Waals surface area contributed by atoms with E-state index in [2.05, 4.69) is 4.98 Å². The van der Waals surface area contributed by atoms with Crippen LogP contribution in [0.25, 0.3) is 33.6 Å². The van der Waals surface area contributed by atoms with Crippen molar-refractivity contribution in [1.82, 2.24) is 4.98 Å². The van der Waals surface area contributed by atoms with E-state index in [0.717, 1.165) is 37.8 Å². The van der Waals surface area contributed by atoms with E-state index in [1.165, 1.54) is 33.6 Å². The molecule has 5 rings (SSSR count). The van der Waals surface area contributed by atoms with E-state index in [1.54, 1.807) is 24.3 Å². The van der Waals surface area contributed by atoms with Gasteiger partial charge in [-0.15, -0.1) is 0 Å². The first kappa shape index (κ1) is 28.5. The summed E-state index contributed by atoms with van der Waals surface area (Å²) in [6.07, 6.45) is 0.519. The second-order valence-electron chi connectivity index (χ2n) is 10.2. The topological polar surface area (TPSA) is 96.8 Å². The fourth-order valence-electron chi connectivity index (χ4n) is 5.48. The van der Waals surface area contributed by atoms with Crippen molar-refractivity contribution in [2.45, 2.75) is 44.3 Å². The number of ether oxygens (including phenoxy) is 3. The van der Waals surface area contributed by atoms with Gasteiger partial charge in [-0.05, 0) is 60.7 Å². The smallest absolute Gasteiger partial charge is 0.416 e. The Hall–Kier alpha value is -4.05. The largest absolute Gasteiger partial charge is 0.493 e. The molecule has 0 amide bonds. The Balaban J connectivity index is 1.59. The molecule has 7 nitrogen and oxygen atoms in total. The number of aromatic nitrogens is 1. The highest BCUT2D eigenvalue weighted by molar-refractivity contribution is 5.99. The minimum atomic E-state index is -4.65. The quantitative estimate of drug-likeness (QED) is 0.223. The van der Waals surface area contributed by atoms with Gasteiger partial charge in [-0.2, -0.15) is 13.2 Å². The van der Waals surface area contributed by atoms with Gasteiger partial charge < -0.3 is 24.4 Å². The molecule has 41 heavy (non-hydrogen) atoms. The van der Waals surface area contributed by atoms with Crippen molar-refractivity contribution < 1.29 is 36.6 Å². The number of halogens is 3. The molecule has 2 aromatic carbocycles. The molecule has 2 heterocycles. The molecule has 2 N–H and O–H groups in total. The van der Waals surface area contributed by atoms with Gasteiger partial charge in [0.2, 0.25) is 5.75 Å². The van der Waals surface area contributed by atoms with Gasteiger partial charge in [0.05, 0.1) is 26.9 Å². The van der Waals surface area contributed by atoms with Crippen molar-refractivity contribution in [2.75, 3.05) is 21.3 Å². The number of ketones is 1. The predicted molar refractivity (Wildman–Crippen MR) is 148 cm³/mol. The van der Waals surface area contributed by atoms with Crippen LogP contribution in [0.2, 0.25) is 0 Å². The molecular formula is C31H31F3N2O5. The van der Waals surface area contributed by atoms with Crippen molar-refractivity contribution in [3.05, 3.63) is 59.8 Å². The average Bonchev–Trinajstić information content (AvgIpc) is 3.41. The van der Waals surface area contributed by atoms with Crippen LogP contribution < -0.4 is 19.9 Å².